The molecule has 0 unspecified atom stereocenters. The minimum atomic E-state index is -3.50. The fourth-order valence-corrected chi connectivity index (χ4v) is 6.42. The van der Waals surface area contributed by atoms with Gasteiger partial charge in [-0.15, -0.1) is 0 Å². The van der Waals surface area contributed by atoms with Gasteiger partial charge in [0.2, 0.25) is 5.91 Å². The molecule has 35 heavy (non-hydrogen) atoms. The normalized spacial score (nSPS) is 11.5. The topological polar surface area (TPSA) is 76.6 Å². The molecule has 0 bridgehead atoms. The van der Waals surface area contributed by atoms with Crippen molar-refractivity contribution in [3.8, 4) is 5.75 Å². The van der Waals surface area contributed by atoms with Crippen LogP contribution in [0.1, 0.15) is 29.5 Å². The van der Waals surface area contributed by atoms with Crippen molar-refractivity contribution in [2.75, 3.05) is 17.8 Å². The van der Waals surface area contributed by atoms with Gasteiger partial charge >= 0.3 is 0 Å². The third-order valence-electron chi connectivity index (χ3n) is 5.76. The molecule has 0 N–H and O–H groups in total. The van der Waals surface area contributed by atoms with Crippen LogP contribution < -0.4 is 9.64 Å². The number of ether oxygens (including phenoxy) is 1. The SMILES string of the molecule is COc1ccc(S(=O)(=O)CCCC(=O)N(Cc2ccccc2)c2nc3c(C)cc(C)cc3s2)cc1. The molecule has 0 saturated heterocycles. The molecule has 182 valence electrons. The number of sulfone groups is 1. The van der Waals surface area contributed by atoms with E-state index in [0.717, 1.165) is 26.9 Å². The van der Waals surface area contributed by atoms with E-state index < -0.39 is 9.84 Å². The molecule has 0 saturated carbocycles. The van der Waals surface area contributed by atoms with Crippen molar-refractivity contribution >= 4 is 42.4 Å². The van der Waals surface area contributed by atoms with Gasteiger partial charge in [0.15, 0.2) is 15.0 Å². The first-order valence-corrected chi connectivity index (χ1v) is 13.8. The standard InChI is InChI=1S/C27H28N2O4S2/c1-19-16-20(2)26-24(17-19)34-27(28-26)29(18-21-8-5-4-6-9-21)25(30)10-7-15-35(31,32)23-13-11-22(33-3)12-14-23/h4-6,8-9,11-14,16-17H,7,10,15,18H2,1-3H3. The fourth-order valence-electron chi connectivity index (χ4n) is 3.95. The number of carbonyl (C=O) groups excluding carboxylic acids is 1. The Labute approximate surface area is 210 Å². The number of methoxy groups -OCH3 is 1. The minimum Gasteiger partial charge on any atom is -0.497 e. The van der Waals surface area contributed by atoms with Gasteiger partial charge in [0, 0.05) is 6.42 Å². The van der Waals surface area contributed by atoms with Crippen molar-refractivity contribution in [3.05, 3.63) is 83.4 Å². The number of aryl methyl sites for hydroxylation is 2. The lowest BCUT2D eigenvalue weighted by atomic mass is 10.1. The van der Waals surface area contributed by atoms with E-state index in [-0.39, 0.29) is 29.4 Å². The van der Waals surface area contributed by atoms with Crippen LogP contribution >= 0.6 is 11.3 Å². The van der Waals surface area contributed by atoms with E-state index >= 15 is 0 Å². The Morgan fingerprint density at radius 1 is 1.03 bits per heavy atom. The summed E-state index contributed by atoms with van der Waals surface area (Å²) in [6, 6.07) is 20.2. The number of carbonyl (C=O) groups is 1. The molecule has 1 aromatic heterocycles. The van der Waals surface area contributed by atoms with Gasteiger partial charge in [0.05, 0.1) is 34.5 Å². The first-order valence-electron chi connectivity index (χ1n) is 11.4. The predicted molar refractivity (Wildman–Crippen MR) is 141 cm³/mol. The molecule has 0 aliphatic rings. The fraction of sp³-hybridized carbons (Fsp3) is 0.259. The number of nitrogens with zero attached hydrogens (tertiary/aromatic N) is 2. The van der Waals surface area contributed by atoms with E-state index in [2.05, 4.69) is 12.1 Å². The van der Waals surface area contributed by atoms with Crippen molar-refractivity contribution in [1.82, 2.24) is 4.98 Å². The largest absolute Gasteiger partial charge is 0.497 e. The first-order chi connectivity index (χ1) is 16.8. The lowest BCUT2D eigenvalue weighted by Crippen LogP contribution is -2.30. The zero-order valence-corrected chi connectivity index (χ0v) is 21.7. The van der Waals surface area contributed by atoms with E-state index in [9.17, 15) is 13.2 Å². The zero-order valence-electron chi connectivity index (χ0n) is 20.0. The van der Waals surface area contributed by atoms with Crippen LogP contribution in [0.15, 0.2) is 71.6 Å². The number of hydrogen-bond acceptors (Lipinski definition) is 6. The Morgan fingerprint density at radius 3 is 2.43 bits per heavy atom. The van der Waals surface area contributed by atoms with Gasteiger partial charge in [-0.2, -0.15) is 0 Å². The number of thiazole rings is 1. The summed E-state index contributed by atoms with van der Waals surface area (Å²) in [5.74, 6) is 0.340. The van der Waals surface area contributed by atoms with E-state index in [1.54, 1.807) is 17.0 Å². The van der Waals surface area contributed by atoms with Crippen LogP contribution in [0.2, 0.25) is 0 Å². The molecule has 4 rings (SSSR count). The molecule has 0 radical (unpaired) electrons. The number of aromatic nitrogens is 1. The molecule has 8 heteroatoms. The monoisotopic (exact) mass is 508 g/mol. The lowest BCUT2D eigenvalue weighted by molar-refractivity contribution is -0.118. The maximum atomic E-state index is 13.4. The van der Waals surface area contributed by atoms with Crippen molar-refractivity contribution < 1.29 is 17.9 Å². The molecule has 1 heterocycles. The third-order valence-corrected chi connectivity index (χ3v) is 8.60. The smallest absolute Gasteiger partial charge is 0.229 e. The van der Waals surface area contributed by atoms with E-state index in [1.807, 2.05) is 44.2 Å². The third kappa shape index (κ3) is 5.89. The average Bonchev–Trinajstić information content (AvgIpc) is 3.27. The Morgan fingerprint density at radius 2 is 1.74 bits per heavy atom. The first kappa shape index (κ1) is 24.9. The Balaban J connectivity index is 1.53. The van der Waals surface area contributed by atoms with Gasteiger partial charge in [-0.25, -0.2) is 13.4 Å². The number of amides is 1. The molecular weight excluding hydrogens is 480 g/mol. The van der Waals surface area contributed by atoms with Crippen LogP contribution in [-0.4, -0.2) is 32.2 Å². The summed E-state index contributed by atoms with van der Waals surface area (Å²) in [4.78, 5) is 20.1. The molecule has 3 aromatic carbocycles. The van der Waals surface area contributed by atoms with Crippen LogP contribution in [0.3, 0.4) is 0 Å². The van der Waals surface area contributed by atoms with Gasteiger partial charge in [-0.3, -0.25) is 9.69 Å². The summed E-state index contributed by atoms with van der Waals surface area (Å²) in [6.45, 7) is 4.44. The number of fused-ring (bicyclic) bond motifs is 1. The second-order valence-electron chi connectivity index (χ2n) is 8.49. The second kappa shape index (κ2) is 10.6. The molecule has 0 spiro atoms. The highest BCUT2D eigenvalue weighted by Crippen LogP contribution is 2.33. The van der Waals surface area contributed by atoms with Gasteiger partial charge in [-0.05, 0) is 67.3 Å². The molecule has 0 fully saturated rings. The van der Waals surface area contributed by atoms with Crippen molar-refractivity contribution in [1.29, 1.82) is 0 Å². The van der Waals surface area contributed by atoms with Crippen LogP contribution in [0.25, 0.3) is 10.2 Å². The van der Waals surface area contributed by atoms with Crippen LogP contribution in [0.5, 0.6) is 5.75 Å². The van der Waals surface area contributed by atoms with E-state index in [0.29, 0.717) is 17.4 Å². The van der Waals surface area contributed by atoms with Crippen LogP contribution in [0.4, 0.5) is 5.13 Å². The molecule has 0 aliphatic carbocycles. The highest BCUT2D eigenvalue weighted by molar-refractivity contribution is 7.91. The maximum Gasteiger partial charge on any atom is 0.229 e. The Kier molecular flexibility index (Phi) is 7.52. The molecule has 1 amide bonds. The maximum absolute atomic E-state index is 13.4. The quantitative estimate of drug-likeness (QED) is 0.289. The number of rotatable bonds is 9. The lowest BCUT2D eigenvalue weighted by Gasteiger charge is -2.20. The summed E-state index contributed by atoms with van der Waals surface area (Å²) in [5.41, 5.74) is 4.09. The summed E-state index contributed by atoms with van der Waals surface area (Å²) < 4.78 is 31.6. The van der Waals surface area contributed by atoms with Crippen LogP contribution in [0, 0.1) is 13.8 Å². The van der Waals surface area contributed by atoms with E-state index in [4.69, 9.17) is 9.72 Å². The summed E-state index contributed by atoms with van der Waals surface area (Å²) >= 11 is 1.48. The second-order valence-corrected chi connectivity index (χ2v) is 11.6. The zero-order chi connectivity index (χ0) is 25.0. The highest BCUT2D eigenvalue weighted by atomic mass is 32.2. The summed E-state index contributed by atoms with van der Waals surface area (Å²) in [7, 11) is -1.97. The van der Waals surface area contributed by atoms with Gasteiger partial charge in [-0.1, -0.05) is 47.7 Å². The van der Waals surface area contributed by atoms with Crippen molar-refractivity contribution in [2.45, 2.75) is 38.1 Å². The van der Waals surface area contributed by atoms with Crippen LogP contribution in [-0.2, 0) is 21.2 Å². The molecule has 4 aromatic rings. The summed E-state index contributed by atoms with van der Waals surface area (Å²) in [5, 5.41) is 0.626. The summed E-state index contributed by atoms with van der Waals surface area (Å²) in [6.07, 6.45) is 0.331. The van der Waals surface area contributed by atoms with Gasteiger partial charge in [0.25, 0.3) is 0 Å². The average molecular weight is 509 g/mol. The van der Waals surface area contributed by atoms with E-state index in [1.165, 1.54) is 30.6 Å². The number of benzene rings is 3. The highest BCUT2D eigenvalue weighted by Gasteiger charge is 2.22. The van der Waals surface area contributed by atoms with Crippen molar-refractivity contribution in [3.63, 3.8) is 0 Å². The molecule has 0 atom stereocenters. The minimum absolute atomic E-state index is 0.107. The number of hydrogen-bond donors (Lipinski definition) is 0. The Hall–Kier alpha value is -3.23. The molecular formula is C27H28N2O4S2. The van der Waals surface area contributed by atoms with Crippen molar-refractivity contribution in [2.24, 2.45) is 0 Å². The van der Waals surface area contributed by atoms with Gasteiger partial charge < -0.3 is 4.74 Å². The predicted octanol–water partition coefficient (Wildman–Crippen LogP) is 5.71. The molecule has 6 nitrogen and oxygen atoms in total. The number of anilines is 1. The molecule has 0 aliphatic heterocycles. The Bertz CT molecular complexity index is 1430. The van der Waals surface area contributed by atoms with Gasteiger partial charge in [0.1, 0.15) is 5.75 Å².